The quantitative estimate of drug-likeness (QED) is 0.391. The molecule has 0 fully saturated rings. The van der Waals surface area contributed by atoms with E-state index in [0.717, 1.165) is 0 Å². The Balaban J connectivity index is 0.00000121. The van der Waals surface area contributed by atoms with Crippen molar-refractivity contribution in [2.45, 2.75) is 0 Å². The third kappa shape index (κ3) is 2.14. The third-order valence-corrected chi connectivity index (χ3v) is 1.19. The molecule has 1 heterocycles. The molecule has 0 aromatic rings. The monoisotopic (exact) mass is 177 g/mol. The van der Waals surface area contributed by atoms with Crippen LogP contribution in [-0.2, 0) is 9.59 Å². The average Bonchev–Trinajstić information content (AvgIpc) is 1.97. The largest absolute Gasteiger partial charge is 0.289 e. The maximum Gasteiger partial charge on any atom is 0.286 e. The summed E-state index contributed by atoms with van der Waals surface area (Å²) in [5.74, 6) is -4.13. The van der Waals surface area contributed by atoms with Crippen molar-refractivity contribution in [1.29, 1.82) is 5.26 Å². The number of amides is 2. The topological polar surface area (TPSA) is 70.0 Å². The number of rotatable bonds is 0. The van der Waals surface area contributed by atoms with Gasteiger partial charge in [0.05, 0.1) is 6.07 Å². The first-order chi connectivity index (χ1) is 5.15. The minimum atomic E-state index is -1.19. The van der Waals surface area contributed by atoms with Crippen LogP contribution in [0.25, 0.3) is 0 Å². The summed E-state index contributed by atoms with van der Waals surface area (Å²) in [7, 11) is 0. The van der Waals surface area contributed by atoms with Crippen molar-refractivity contribution < 1.29 is 14.0 Å². The van der Waals surface area contributed by atoms with Crippen LogP contribution in [-0.4, -0.2) is 41.4 Å². The molecular weight excluding hydrogens is 174 g/mol. The van der Waals surface area contributed by atoms with Gasteiger partial charge in [0.2, 0.25) is 5.91 Å². The summed E-state index contributed by atoms with van der Waals surface area (Å²) >= 11 is 0. The van der Waals surface area contributed by atoms with Crippen LogP contribution in [0.15, 0.2) is 11.9 Å². The van der Waals surface area contributed by atoms with Crippen molar-refractivity contribution in [2.24, 2.45) is 5.92 Å². The molecule has 0 aromatic heterocycles. The molecule has 0 bridgehead atoms. The Hall–Kier alpha value is -0.700. The van der Waals surface area contributed by atoms with Crippen LogP contribution in [0.4, 0.5) is 4.39 Å². The van der Waals surface area contributed by atoms with Crippen LogP contribution >= 0.6 is 0 Å². The molecule has 0 spiro atoms. The Labute approximate surface area is 89.7 Å². The Morgan fingerprint density at radius 1 is 1.58 bits per heavy atom. The second-order valence-electron chi connectivity index (χ2n) is 1.94. The maximum absolute atomic E-state index is 12.3. The zero-order valence-electron chi connectivity index (χ0n) is 6.30. The van der Waals surface area contributed by atoms with Gasteiger partial charge in [-0.15, -0.1) is 0 Å². The molecule has 0 saturated carbocycles. The van der Waals surface area contributed by atoms with Gasteiger partial charge in [-0.1, -0.05) is 0 Å². The van der Waals surface area contributed by atoms with Gasteiger partial charge in [-0.25, -0.2) is 4.39 Å². The SMILES string of the molecule is N#CC1C=C(F)C(=O)NC1=O.[Na]. The molecule has 1 unspecified atom stereocenters. The summed E-state index contributed by atoms with van der Waals surface area (Å²) in [6.45, 7) is 0. The predicted octanol–water partition coefficient (Wildman–Crippen LogP) is -0.745. The van der Waals surface area contributed by atoms with E-state index in [9.17, 15) is 14.0 Å². The number of hydrogen-bond acceptors (Lipinski definition) is 3. The molecule has 6 heteroatoms. The summed E-state index contributed by atoms with van der Waals surface area (Å²) in [5, 5.41) is 9.92. The van der Waals surface area contributed by atoms with Gasteiger partial charge in [0, 0.05) is 29.6 Å². The maximum atomic E-state index is 12.3. The Bertz CT molecular complexity index is 294. The minimum absolute atomic E-state index is 0. The molecule has 2 amide bonds. The van der Waals surface area contributed by atoms with Gasteiger partial charge in [-0.05, 0) is 6.08 Å². The molecular formula is C6H3FN2NaO2. The standard InChI is InChI=1S/C6H3FN2O2.Na/c7-4-1-3(2-8)5(10)9-6(4)11;/h1,3H,(H,9,10,11);. The summed E-state index contributed by atoms with van der Waals surface area (Å²) in [6, 6.07) is 1.52. The van der Waals surface area contributed by atoms with Crippen LogP contribution in [0.5, 0.6) is 0 Å². The van der Waals surface area contributed by atoms with Gasteiger partial charge in [0.15, 0.2) is 5.83 Å². The zero-order chi connectivity index (χ0) is 8.43. The van der Waals surface area contributed by atoms with E-state index in [1.54, 1.807) is 5.32 Å². The fourth-order valence-corrected chi connectivity index (χ4v) is 0.643. The van der Waals surface area contributed by atoms with Crippen molar-refractivity contribution in [3.63, 3.8) is 0 Å². The first kappa shape index (κ1) is 11.3. The number of carbonyl (C=O) groups excluding carboxylic acids is 2. The van der Waals surface area contributed by atoms with Crippen LogP contribution in [0, 0.1) is 17.2 Å². The number of nitrogens with zero attached hydrogens (tertiary/aromatic N) is 1. The van der Waals surface area contributed by atoms with Crippen molar-refractivity contribution in [2.75, 3.05) is 0 Å². The molecule has 1 atom stereocenters. The van der Waals surface area contributed by atoms with Crippen LogP contribution in [0.3, 0.4) is 0 Å². The molecule has 1 N–H and O–H groups in total. The smallest absolute Gasteiger partial charge is 0.286 e. The number of nitrogens with one attached hydrogen (secondary N) is 1. The van der Waals surface area contributed by atoms with Gasteiger partial charge in [0.1, 0.15) is 5.92 Å². The van der Waals surface area contributed by atoms with Crippen LogP contribution < -0.4 is 5.32 Å². The average molecular weight is 177 g/mol. The molecule has 0 saturated heterocycles. The van der Waals surface area contributed by atoms with Gasteiger partial charge >= 0.3 is 0 Å². The van der Waals surface area contributed by atoms with Crippen molar-refractivity contribution in [1.82, 2.24) is 5.32 Å². The number of nitriles is 1. The second-order valence-corrected chi connectivity index (χ2v) is 1.94. The molecule has 0 aromatic carbocycles. The second kappa shape index (κ2) is 4.36. The summed E-state index contributed by atoms with van der Waals surface area (Å²) in [4.78, 5) is 21.0. The van der Waals surface area contributed by atoms with Crippen LogP contribution in [0.1, 0.15) is 0 Å². The predicted molar refractivity (Wildman–Crippen MR) is 37.2 cm³/mol. The van der Waals surface area contributed by atoms with E-state index in [1.165, 1.54) is 6.07 Å². The van der Waals surface area contributed by atoms with Crippen molar-refractivity contribution >= 4 is 41.4 Å². The van der Waals surface area contributed by atoms with Gasteiger partial charge in [-0.3, -0.25) is 14.9 Å². The van der Waals surface area contributed by atoms with Gasteiger partial charge < -0.3 is 0 Å². The molecule has 1 aliphatic heterocycles. The minimum Gasteiger partial charge on any atom is -0.289 e. The molecule has 1 rings (SSSR count). The Morgan fingerprint density at radius 2 is 2.17 bits per heavy atom. The first-order valence-corrected chi connectivity index (χ1v) is 2.77. The zero-order valence-corrected chi connectivity index (χ0v) is 8.30. The molecule has 57 valence electrons. The molecule has 4 nitrogen and oxygen atoms in total. The first-order valence-electron chi connectivity index (χ1n) is 2.77. The third-order valence-electron chi connectivity index (χ3n) is 1.19. The number of halogens is 1. The number of hydrogen-bond donors (Lipinski definition) is 1. The normalized spacial score (nSPS) is 21.7. The van der Waals surface area contributed by atoms with Crippen molar-refractivity contribution in [3.05, 3.63) is 11.9 Å². The fourth-order valence-electron chi connectivity index (χ4n) is 0.643. The van der Waals surface area contributed by atoms with E-state index in [2.05, 4.69) is 0 Å². The van der Waals surface area contributed by atoms with E-state index in [-0.39, 0.29) is 29.6 Å². The number of carbonyl (C=O) groups is 2. The molecule has 1 radical (unpaired) electrons. The Morgan fingerprint density at radius 3 is 2.67 bits per heavy atom. The van der Waals surface area contributed by atoms with E-state index >= 15 is 0 Å². The van der Waals surface area contributed by atoms with E-state index in [0.29, 0.717) is 6.08 Å². The van der Waals surface area contributed by atoms with E-state index in [1.807, 2.05) is 0 Å². The van der Waals surface area contributed by atoms with Crippen LogP contribution in [0.2, 0.25) is 0 Å². The van der Waals surface area contributed by atoms with Gasteiger partial charge in [0.25, 0.3) is 5.91 Å². The van der Waals surface area contributed by atoms with Gasteiger partial charge in [-0.2, -0.15) is 5.26 Å². The Kier molecular flexibility index (Phi) is 4.10. The van der Waals surface area contributed by atoms with E-state index in [4.69, 9.17) is 5.26 Å². The van der Waals surface area contributed by atoms with E-state index < -0.39 is 23.6 Å². The summed E-state index contributed by atoms with van der Waals surface area (Å²) in [5.41, 5.74) is 0. The molecule has 1 aliphatic rings. The molecule has 12 heavy (non-hydrogen) atoms. The fraction of sp³-hybridized carbons (Fsp3) is 0.167. The molecule has 0 aliphatic carbocycles. The summed E-state index contributed by atoms with van der Waals surface area (Å²) in [6.07, 6.45) is 0.696. The number of imide groups is 1. The summed E-state index contributed by atoms with van der Waals surface area (Å²) < 4.78 is 12.3. The van der Waals surface area contributed by atoms with Crippen molar-refractivity contribution in [3.8, 4) is 6.07 Å².